The Hall–Kier alpha value is -2.90. The Morgan fingerprint density at radius 2 is 2.04 bits per heavy atom. The van der Waals surface area contributed by atoms with E-state index in [-0.39, 0.29) is 11.7 Å². The Balaban J connectivity index is 1.43. The Kier molecular flexibility index (Phi) is 5.04. The van der Waals surface area contributed by atoms with Gasteiger partial charge in [0.15, 0.2) is 0 Å². The smallest absolute Gasteiger partial charge is 0.258 e. The molecule has 0 aliphatic carbocycles. The number of hydrogen-bond acceptors (Lipinski definition) is 5. The van der Waals surface area contributed by atoms with Gasteiger partial charge in [0.1, 0.15) is 5.75 Å². The first-order valence-corrected chi connectivity index (χ1v) is 9.05. The summed E-state index contributed by atoms with van der Waals surface area (Å²) in [7, 11) is 0. The molecule has 3 aromatic rings. The summed E-state index contributed by atoms with van der Waals surface area (Å²) in [4.78, 5) is 14.9. The highest BCUT2D eigenvalue weighted by Gasteiger charge is 2.13. The molecule has 0 saturated carbocycles. The Labute approximate surface area is 157 Å². The van der Waals surface area contributed by atoms with E-state index in [2.05, 4.69) is 15.3 Å². The van der Waals surface area contributed by atoms with Crippen molar-refractivity contribution in [3.8, 4) is 5.75 Å². The number of anilines is 1. The number of ether oxygens (including phenoxy) is 1. The number of fused-ring (bicyclic) bond motifs is 1. The standard InChI is InChI=1S/C20H22N4O3/c25-17-5-4-15-2-1-3-19(18(15)12-17)22-20(26)16-13-21-24(14-16)7-6-23-8-10-27-11-9-23/h1-5,12-14,25H,6-11H2,(H,22,26). The fourth-order valence-electron chi connectivity index (χ4n) is 3.24. The van der Waals surface area contributed by atoms with Crippen LogP contribution in [0, 0.1) is 0 Å². The first-order chi connectivity index (χ1) is 13.2. The molecule has 140 valence electrons. The van der Waals surface area contributed by atoms with Gasteiger partial charge in [0, 0.05) is 36.9 Å². The van der Waals surface area contributed by atoms with Crippen LogP contribution in [0.1, 0.15) is 10.4 Å². The predicted molar refractivity (Wildman–Crippen MR) is 103 cm³/mol. The molecule has 2 N–H and O–H groups in total. The second kappa shape index (κ2) is 7.77. The maximum Gasteiger partial charge on any atom is 0.258 e. The topological polar surface area (TPSA) is 79.6 Å². The Morgan fingerprint density at radius 1 is 1.19 bits per heavy atom. The van der Waals surface area contributed by atoms with Crippen molar-refractivity contribution in [2.45, 2.75) is 6.54 Å². The molecule has 2 aromatic carbocycles. The summed E-state index contributed by atoms with van der Waals surface area (Å²) >= 11 is 0. The van der Waals surface area contributed by atoms with E-state index in [1.165, 1.54) is 0 Å². The summed E-state index contributed by atoms with van der Waals surface area (Å²) in [6.45, 7) is 5.02. The lowest BCUT2D eigenvalue weighted by Crippen LogP contribution is -2.38. The van der Waals surface area contributed by atoms with E-state index in [9.17, 15) is 9.90 Å². The minimum atomic E-state index is -0.219. The minimum absolute atomic E-state index is 0.167. The molecule has 1 aromatic heterocycles. The molecule has 2 heterocycles. The van der Waals surface area contributed by atoms with Crippen LogP contribution < -0.4 is 5.32 Å². The maximum absolute atomic E-state index is 12.6. The molecule has 0 spiro atoms. The molecule has 1 fully saturated rings. The van der Waals surface area contributed by atoms with Crippen LogP contribution in [0.3, 0.4) is 0 Å². The number of phenolic OH excluding ortho intramolecular Hbond substituents is 1. The second-order valence-corrected chi connectivity index (χ2v) is 6.61. The van der Waals surface area contributed by atoms with Gasteiger partial charge in [0.25, 0.3) is 5.91 Å². The largest absolute Gasteiger partial charge is 0.508 e. The van der Waals surface area contributed by atoms with Crippen molar-refractivity contribution in [3.05, 3.63) is 54.4 Å². The van der Waals surface area contributed by atoms with E-state index in [0.717, 1.165) is 50.2 Å². The number of amides is 1. The molecule has 7 nitrogen and oxygen atoms in total. The number of aromatic nitrogens is 2. The number of carbonyl (C=O) groups is 1. The molecule has 27 heavy (non-hydrogen) atoms. The zero-order valence-electron chi connectivity index (χ0n) is 15.0. The van der Waals surface area contributed by atoms with E-state index >= 15 is 0 Å². The first-order valence-electron chi connectivity index (χ1n) is 9.05. The molecule has 1 amide bonds. The van der Waals surface area contributed by atoms with E-state index in [0.29, 0.717) is 11.3 Å². The molecule has 1 saturated heterocycles. The lowest BCUT2D eigenvalue weighted by molar-refractivity contribution is 0.0359. The fraction of sp³-hybridized carbons (Fsp3) is 0.300. The number of morpholine rings is 1. The lowest BCUT2D eigenvalue weighted by atomic mass is 10.1. The molecule has 0 bridgehead atoms. The first kappa shape index (κ1) is 17.5. The summed E-state index contributed by atoms with van der Waals surface area (Å²) in [5.74, 6) is -0.0522. The number of benzene rings is 2. The van der Waals surface area contributed by atoms with Crippen molar-refractivity contribution in [1.29, 1.82) is 0 Å². The van der Waals surface area contributed by atoms with E-state index in [1.54, 1.807) is 29.2 Å². The van der Waals surface area contributed by atoms with Crippen molar-refractivity contribution < 1.29 is 14.6 Å². The van der Waals surface area contributed by atoms with Crippen molar-refractivity contribution in [2.24, 2.45) is 0 Å². The number of rotatable bonds is 5. The molecule has 1 aliphatic heterocycles. The normalized spacial score (nSPS) is 15.1. The quantitative estimate of drug-likeness (QED) is 0.724. The van der Waals surface area contributed by atoms with Gasteiger partial charge in [0.2, 0.25) is 0 Å². The second-order valence-electron chi connectivity index (χ2n) is 6.61. The zero-order valence-corrected chi connectivity index (χ0v) is 15.0. The van der Waals surface area contributed by atoms with Crippen molar-refractivity contribution in [2.75, 3.05) is 38.2 Å². The molecule has 0 unspecified atom stereocenters. The van der Waals surface area contributed by atoms with Crippen LogP contribution in [0.25, 0.3) is 10.8 Å². The molecule has 7 heteroatoms. The van der Waals surface area contributed by atoms with Gasteiger partial charge in [-0.05, 0) is 23.6 Å². The van der Waals surface area contributed by atoms with Gasteiger partial charge in [-0.3, -0.25) is 14.4 Å². The van der Waals surface area contributed by atoms with Crippen LogP contribution in [0.2, 0.25) is 0 Å². The summed E-state index contributed by atoms with van der Waals surface area (Å²) in [6.07, 6.45) is 3.34. The average Bonchev–Trinajstić information content (AvgIpc) is 3.17. The van der Waals surface area contributed by atoms with Gasteiger partial charge in [0.05, 0.1) is 31.5 Å². The minimum Gasteiger partial charge on any atom is -0.508 e. The van der Waals surface area contributed by atoms with Gasteiger partial charge in [-0.25, -0.2) is 0 Å². The number of nitrogens with one attached hydrogen (secondary N) is 1. The van der Waals surface area contributed by atoms with Crippen LogP contribution in [0.15, 0.2) is 48.8 Å². The third kappa shape index (κ3) is 4.10. The highest BCUT2D eigenvalue weighted by molar-refractivity contribution is 6.09. The molecular formula is C20H22N4O3. The number of hydrogen-bond donors (Lipinski definition) is 2. The van der Waals surface area contributed by atoms with E-state index in [4.69, 9.17) is 4.74 Å². The summed E-state index contributed by atoms with van der Waals surface area (Å²) < 4.78 is 7.14. The van der Waals surface area contributed by atoms with Crippen LogP contribution in [-0.2, 0) is 11.3 Å². The van der Waals surface area contributed by atoms with Crippen LogP contribution >= 0.6 is 0 Å². The van der Waals surface area contributed by atoms with Crippen molar-refractivity contribution in [1.82, 2.24) is 14.7 Å². The monoisotopic (exact) mass is 366 g/mol. The Morgan fingerprint density at radius 3 is 2.89 bits per heavy atom. The Bertz CT molecular complexity index is 947. The number of nitrogens with zero attached hydrogens (tertiary/aromatic N) is 3. The van der Waals surface area contributed by atoms with E-state index < -0.39 is 0 Å². The predicted octanol–water partition coefficient (Wildman–Crippen LogP) is 2.33. The average molecular weight is 366 g/mol. The fourth-order valence-corrected chi connectivity index (χ4v) is 3.24. The van der Waals surface area contributed by atoms with Crippen molar-refractivity contribution >= 4 is 22.4 Å². The zero-order chi connectivity index (χ0) is 18.6. The van der Waals surface area contributed by atoms with Crippen LogP contribution in [0.5, 0.6) is 5.75 Å². The summed E-state index contributed by atoms with van der Waals surface area (Å²) in [6, 6.07) is 10.7. The van der Waals surface area contributed by atoms with Gasteiger partial charge < -0.3 is 15.2 Å². The van der Waals surface area contributed by atoms with Crippen LogP contribution in [-0.4, -0.2) is 58.5 Å². The van der Waals surface area contributed by atoms with Crippen molar-refractivity contribution in [3.63, 3.8) is 0 Å². The number of phenols is 1. The molecule has 0 radical (unpaired) electrons. The lowest BCUT2D eigenvalue weighted by Gasteiger charge is -2.26. The highest BCUT2D eigenvalue weighted by atomic mass is 16.5. The van der Waals surface area contributed by atoms with Gasteiger partial charge >= 0.3 is 0 Å². The number of carbonyl (C=O) groups excluding carboxylic acids is 1. The van der Waals surface area contributed by atoms with E-state index in [1.807, 2.05) is 24.3 Å². The van der Waals surface area contributed by atoms with Gasteiger partial charge in [-0.15, -0.1) is 0 Å². The third-order valence-corrected chi connectivity index (χ3v) is 4.76. The van der Waals surface area contributed by atoms with Gasteiger partial charge in [-0.2, -0.15) is 5.10 Å². The molecule has 0 atom stereocenters. The van der Waals surface area contributed by atoms with Gasteiger partial charge in [-0.1, -0.05) is 18.2 Å². The summed E-state index contributed by atoms with van der Waals surface area (Å²) in [5.41, 5.74) is 1.17. The molecule has 4 rings (SSSR count). The summed E-state index contributed by atoms with van der Waals surface area (Å²) in [5, 5.41) is 18.7. The highest BCUT2D eigenvalue weighted by Crippen LogP contribution is 2.27. The maximum atomic E-state index is 12.6. The van der Waals surface area contributed by atoms with Crippen LogP contribution in [0.4, 0.5) is 5.69 Å². The molecular weight excluding hydrogens is 344 g/mol. The molecule has 1 aliphatic rings. The third-order valence-electron chi connectivity index (χ3n) is 4.76. The SMILES string of the molecule is O=C(Nc1cccc2ccc(O)cc12)c1cnn(CCN2CCOCC2)c1. The number of aromatic hydroxyl groups is 1.